The van der Waals surface area contributed by atoms with Gasteiger partial charge < -0.3 is 24.1 Å². The molecular formula is C26H27N5O5. The lowest BCUT2D eigenvalue weighted by Gasteiger charge is -2.20. The van der Waals surface area contributed by atoms with Crippen molar-refractivity contribution in [1.82, 2.24) is 24.6 Å². The first-order valence-electron chi connectivity index (χ1n) is 11.3. The monoisotopic (exact) mass is 489 g/mol. The number of amides is 1. The number of carbonyl (C=O) groups is 1. The Morgan fingerprint density at radius 1 is 1.00 bits per heavy atom. The smallest absolute Gasteiger partial charge is 0.272 e. The maximum absolute atomic E-state index is 13.3. The van der Waals surface area contributed by atoms with Crippen LogP contribution < -0.4 is 25.1 Å². The predicted octanol–water partition coefficient (Wildman–Crippen LogP) is 2.59. The molecule has 0 saturated heterocycles. The number of hydrogen-bond acceptors (Lipinski definition) is 7. The highest BCUT2D eigenvalue weighted by molar-refractivity contribution is 5.92. The van der Waals surface area contributed by atoms with Crippen molar-refractivity contribution in [3.8, 4) is 17.2 Å². The predicted molar refractivity (Wildman–Crippen MR) is 132 cm³/mol. The molecule has 0 aliphatic carbocycles. The fourth-order valence-corrected chi connectivity index (χ4v) is 3.65. The molecule has 1 N–H and O–H groups in total. The fourth-order valence-electron chi connectivity index (χ4n) is 3.65. The first-order chi connectivity index (χ1) is 17.5. The quantitative estimate of drug-likeness (QED) is 0.365. The largest absolute Gasteiger partial charge is 0.497 e. The van der Waals surface area contributed by atoms with Crippen LogP contribution in [0, 0.1) is 0 Å². The Balaban J connectivity index is 1.57. The van der Waals surface area contributed by atoms with E-state index in [1.54, 1.807) is 44.8 Å². The number of ether oxygens (including phenoxy) is 3. The normalized spacial score (nSPS) is 11.5. The molecule has 1 amide bonds. The van der Waals surface area contributed by atoms with Crippen molar-refractivity contribution in [2.24, 2.45) is 7.05 Å². The highest BCUT2D eigenvalue weighted by Gasteiger charge is 2.24. The highest BCUT2D eigenvalue weighted by Crippen LogP contribution is 2.29. The van der Waals surface area contributed by atoms with E-state index in [2.05, 4.69) is 15.4 Å². The summed E-state index contributed by atoms with van der Waals surface area (Å²) in [6.07, 6.45) is 3.44. The minimum atomic E-state index is -0.634. The zero-order chi connectivity index (χ0) is 25.5. The van der Waals surface area contributed by atoms with Gasteiger partial charge in [0, 0.05) is 31.6 Å². The van der Waals surface area contributed by atoms with Gasteiger partial charge in [-0.3, -0.25) is 9.59 Å². The third-order valence-electron chi connectivity index (χ3n) is 5.51. The molecule has 2 heterocycles. The minimum absolute atomic E-state index is 0.0865. The average molecular weight is 490 g/mol. The molecular weight excluding hydrogens is 462 g/mol. The summed E-state index contributed by atoms with van der Waals surface area (Å²) in [6, 6.07) is 16.7. The van der Waals surface area contributed by atoms with E-state index in [1.807, 2.05) is 41.9 Å². The van der Waals surface area contributed by atoms with Gasteiger partial charge in [0.2, 0.25) is 0 Å². The van der Waals surface area contributed by atoms with E-state index in [0.29, 0.717) is 28.6 Å². The van der Waals surface area contributed by atoms with Crippen LogP contribution in [0.5, 0.6) is 17.2 Å². The number of rotatable bonds is 10. The molecule has 10 nitrogen and oxygen atoms in total. The molecule has 4 aromatic rings. The summed E-state index contributed by atoms with van der Waals surface area (Å²) in [5, 5.41) is 7.24. The van der Waals surface area contributed by atoms with Gasteiger partial charge in [0.1, 0.15) is 41.4 Å². The number of methoxy groups -OCH3 is 2. The Morgan fingerprint density at radius 2 is 1.72 bits per heavy atom. The number of imidazole rings is 1. The van der Waals surface area contributed by atoms with Gasteiger partial charge in [-0.1, -0.05) is 18.2 Å². The SMILES string of the molecule is COc1cc(OC)cc(C(NC(=O)c2ccc(=O)n(CCOc3ccccc3)n2)c2nccn2C)c1. The number of aryl methyl sites for hydroxylation is 1. The lowest BCUT2D eigenvalue weighted by molar-refractivity contribution is 0.0933. The van der Waals surface area contributed by atoms with Gasteiger partial charge in [-0.05, 0) is 35.9 Å². The van der Waals surface area contributed by atoms with Crippen LogP contribution in [-0.2, 0) is 13.6 Å². The van der Waals surface area contributed by atoms with Crippen molar-refractivity contribution in [3.63, 3.8) is 0 Å². The molecule has 10 heteroatoms. The van der Waals surface area contributed by atoms with Crippen molar-refractivity contribution < 1.29 is 19.0 Å². The Hall–Kier alpha value is -4.60. The highest BCUT2D eigenvalue weighted by atomic mass is 16.5. The molecule has 2 aromatic heterocycles. The van der Waals surface area contributed by atoms with E-state index in [9.17, 15) is 9.59 Å². The Bertz CT molecular complexity index is 1360. The van der Waals surface area contributed by atoms with Gasteiger partial charge >= 0.3 is 0 Å². The van der Waals surface area contributed by atoms with Crippen LogP contribution in [0.15, 0.2) is 77.9 Å². The van der Waals surface area contributed by atoms with E-state index in [1.165, 1.54) is 16.8 Å². The summed E-state index contributed by atoms with van der Waals surface area (Å²) < 4.78 is 19.5. The van der Waals surface area contributed by atoms with E-state index >= 15 is 0 Å². The number of carbonyl (C=O) groups excluding carboxylic acids is 1. The molecule has 0 saturated carbocycles. The molecule has 1 unspecified atom stereocenters. The Labute approximate surface area is 208 Å². The molecule has 4 rings (SSSR count). The Kier molecular flexibility index (Phi) is 7.64. The number of aromatic nitrogens is 4. The molecule has 0 fully saturated rings. The van der Waals surface area contributed by atoms with Crippen LogP contribution in [0.1, 0.15) is 27.9 Å². The van der Waals surface area contributed by atoms with Crippen LogP contribution in [-0.4, -0.2) is 46.1 Å². The zero-order valence-electron chi connectivity index (χ0n) is 20.2. The summed E-state index contributed by atoms with van der Waals surface area (Å²) in [4.78, 5) is 30.0. The van der Waals surface area contributed by atoms with Gasteiger partial charge in [0.05, 0.1) is 20.8 Å². The topological polar surface area (TPSA) is 110 Å². The van der Waals surface area contributed by atoms with Gasteiger partial charge in [-0.25, -0.2) is 9.67 Å². The number of hydrogen-bond donors (Lipinski definition) is 1. The molecule has 1 atom stereocenters. The molecule has 0 bridgehead atoms. The van der Waals surface area contributed by atoms with Gasteiger partial charge in [-0.15, -0.1) is 0 Å². The average Bonchev–Trinajstić information content (AvgIpc) is 3.33. The van der Waals surface area contributed by atoms with E-state index in [4.69, 9.17) is 14.2 Å². The zero-order valence-corrected chi connectivity index (χ0v) is 20.2. The number of benzene rings is 2. The standard InChI is InChI=1S/C26H27N5O5/c1-30-12-11-27-25(30)24(18-15-20(34-2)17-21(16-18)35-3)28-26(33)22-9-10-23(32)31(29-22)13-14-36-19-7-5-4-6-8-19/h4-12,15-17,24H,13-14H2,1-3H3,(H,28,33). The number of para-hydroxylation sites is 1. The molecule has 0 radical (unpaired) electrons. The fraction of sp³-hybridized carbons (Fsp3) is 0.231. The summed E-state index contributed by atoms with van der Waals surface area (Å²) in [5.74, 6) is 1.96. The summed E-state index contributed by atoms with van der Waals surface area (Å²) >= 11 is 0. The maximum atomic E-state index is 13.3. The van der Waals surface area contributed by atoms with Crippen LogP contribution in [0.3, 0.4) is 0 Å². The molecule has 0 aliphatic rings. The first kappa shape index (κ1) is 24.5. The van der Waals surface area contributed by atoms with E-state index in [0.717, 1.165) is 0 Å². The number of nitrogens with one attached hydrogen (secondary N) is 1. The summed E-state index contributed by atoms with van der Waals surface area (Å²) in [5.41, 5.74) is 0.461. The number of nitrogens with zero attached hydrogens (tertiary/aromatic N) is 4. The van der Waals surface area contributed by atoms with Gasteiger partial charge in [0.15, 0.2) is 0 Å². The van der Waals surface area contributed by atoms with Crippen LogP contribution >= 0.6 is 0 Å². The summed E-state index contributed by atoms with van der Waals surface area (Å²) in [7, 11) is 4.95. The van der Waals surface area contributed by atoms with Crippen molar-refractivity contribution in [1.29, 1.82) is 0 Å². The third-order valence-corrected chi connectivity index (χ3v) is 5.51. The van der Waals surface area contributed by atoms with Crippen molar-refractivity contribution in [2.75, 3.05) is 20.8 Å². The van der Waals surface area contributed by atoms with Gasteiger partial charge in [0.25, 0.3) is 11.5 Å². The second-order valence-electron chi connectivity index (χ2n) is 7.89. The summed E-state index contributed by atoms with van der Waals surface area (Å²) in [6.45, 7) is 0.409. The first-order valence-corrected chi connectivity index (χ1v) is 11.3. The van der Waals surface area contributed by atoms with E-state index in [-0.39, 0.29) is 24.4 Å². The second-order valence-corrected chi connectivity index (χ2v) is 7.89. The van der Waals surface area contributed by atoms with Crippen molar-refractivity contribution in [2.45, 2.75) is 12.6 Å². The van der Waals surface area contributed by atoms with Crippen LogP contribution in [0.4, 0.5) is 0 Å². The van der Waals surface area contributed by atoms with Crippen molar-refractivity contribution >= 4 is 5.91 Å². The lowest BCUT2D eigenvalue weighted by Crippen LogP contribution is -2.34. The Morgan fingerprint density at radius 3 is 2.36 bits per heavy atom. The third kappa shape index (κ3) is 5.72. The molecule has 2 aromatic carbocycles. The maximum Gasteiger partial charge on any atom is 0.272 e. The van der Waals surface area contributed by atoms with Crippen molar-refractivity contribution in [3.05, 3.63) is 100 Å². The van der Waals surface area contributed by atoms with Crippen LogP contribution in [0.25, 0.3) is 0 Å². The molecule has 0 spiro atoms. The van der Waals surface area contributed by atoms with Crippen LogP contribution in [0.2, 0.25) is 0 Å². The lowest BCUT2D eigenvalue weighted by atomic mass is 10.0. The minimum Gasteiger partial charge on any atom is -0.497 e. The molecule has 0 aliphatic heterocycles. The second kappa shape index (κ2) is 11.2. The van der Waals surface area contributed by atoms with E-state index < -0.39 is 11.9 Å². The molecule has 36 heavy (non-hydrogen) atoms. The molecule has 186 valence electrons. The van der Waals surface area contributed by atoms with Gasteiger partial charge in [-0.2, -0.15) is 5.10 Å².